The first-order valence-corrected chi connectivity index (χ1v) is 6.75. The molecule has 1 aliphatic heterocycles. The highest BCUT2D eigenvalue weighted by atomic mass is 16.4. The molecule has 2 aromatic heterocycles. The van der Waals surface area contributed by atoms with Crippen LogP contribution in [0.4, 0.5) is 0 Å². The molecule has 19 heavy (non-hydrogen) atoms. The summed E-state index contributed by atoms with van der Waals surface area (Å²) >= 11 is 0. The number of nitrogens with zero attached hydrogens (tertiary/aromatic N) is 3. The van der Waals surface area contributed by atoms with Gasteiger partial charge in [0.2, 0.25) is 5.89 Å². The second kappa shape index (κ2) is 4.49. The zero-order valence-corrected chi connectivity index (χ0v) is 11.7. The summed E-state index contributed by atoms with van der Waals surface area (Å²) in [6.07, 6.45) is 6.75. The van der Waals surface area contributed by atoms with Crippen molar-refractivity contribution >= 4 is 0 Å². The fourth-order valence-electron chi connectivity index (χ4n) is 2.80. The Morgan fingerprint density at radius 1 is 1.47 bits per heavy atom. The molecule has 1 aliphatic rings. The van der Waals surface area contributed by atoms with Crippen molar-refractivity contribution in [3.8, 4) is 0 Å². The third kappa shape index (κ3) is 2.08. The molecule has 5 heteroatoms. The van der Waals surface area contributed by atoms with Crippen molar-refractivity contribution in [2.75, 3.05) is 13.1 Å². The molecule has 1 N–H and O–H groups in total. The highest BCUT2D eigenvalue weighted by Crippen LogP contribution is 2.32. The molecule has 1 fully saturated rings. The Bertz CT molecular complexity index is 566. The number of nitrogens with one attached hydrogen (secondary N) is 1. The number of aryl methyl sites for hydroxylation is 1. The lowest BCUT2D eigenvalue weighted by Crippen LogP contribution is -2.29. The van der Waals surface area contributed by atoms with Gasteiger partial charge in [0.25, 0.3) is 0 Å². The Balaban J connectivity index is 1.96. The van der Waals surface area contributed by atoms with E-state index in [0.29, 0.717) is 0 Å². The number of imidazole rings is 1. The molecule has 102 valence electrons. The predicted molar refractivity (Wildman–Crippen MR) is 72.1 cm³/mol. The van der Waals surface area contributed by atoms with Crippen LogP contribution in [0.2, 0.25) is 0 Å². The first kappa shape index (κ1) is 12.4. The number of oxazole rings is 1. The van der Waals surface area contributed by atoms with Gasteiger partial charge in [-0.3, -0.25) is 0 Å². The minimum atomic E-state index is 0.0728. The van der Waals surface area contributed by atoms with Gasteiger partial charge in [0.15, 0.2) is 0 Å². The summed E-state index contributed by atoms with van der Waals surface area (Å²) in [6.45, 7) is 8.36. The van der Waals surface area contributed by atoms with Gasteiger partial charge in [-0.25, -0.2) is 9.97 Å². The summed E-state index contributed by atoms with van der Waals surface area (Å²) in [6, 6.07) is 0.0728. The summed E-state index contributed by atoms with van der Waals surface area (Å²) in [5.41, 5.74) is 1.40. The van der Waals surface area contributed by atoms with Crippen molar-refractivity contribution in [1.29, 1.82) is 0 Å². The normalized spacial score (nSPS) is 24.8. The zero-order chi connectivity index (χ0) is 13.5. The summed E-state index contributed by atoms with van der Waals surface area (Å²) in [5.74, 6) is 1.59. The molecule has 0 spiro atoms. The Hall–Kier alpha value is -1.62. The van der Waals surface area contributed by atoms with E-state index in [9.17, 15) is 0 Å². The molecule has 3 rings (SSSR count). The molecule has 2 unspecified atom stereocenters. The van der Waals surface area contributed by atoms with Gasteiger partial charge in [-0.2, -0.15) is 0 Å². The largest absolute Gasteiger partial charge is 0.444 e. The molecule has 5 nitrogen and oxygen atoms in total. The molecule has 0 aliphatic carbocycles. The lowest BCUT2D eigenvalue weighted by atomic mass is 9.86. The van der Waals surface area contributed by atoms with Crippen LogP contribution in [0.1, 0.15) is 43.7 Å². The molecule has 3 heterocycles. The van der Waals surface area contributed by atoms with Gasteiger partial charge in [-0.15, -0.1) is 0 Å². The van der Waals surface area contributed by atoms with Crippen LogP contribution in [0.5, 0.6) is 0 Å². The Morgan fingerprint density at radius 2 is 2.32 bits per heavy atom. The van der Waals surface area contributed by atoms with Crippen LogP contribution in [0, 0.1) is 6.92 Å². The monoisotopic (exact) mass is 260 g/mol. The van der Waals surface area contributed by atoms with Gasteiger partial charge in [-0.05, 0) is 26.8 Å². The first-order chi connectivity index (χ1) is 9.10. The van der Waals surface area contributed by atoms with Crippen LogP contribution in [-0.2, 0) is 5.41 Å². The minimum absolute atomic E-state index is 0.0728. The third-order valence-electron chi connectivity index (χ3n) is 4.07. The lowest BCUT2D eigenvalue weighted by molar-refractivity contribution is 0.390. The third-order valence-corrected chi connectivity index (χ3v) is 4.07. The minimum Gasteiger partial charge on any atom is -0.444 e. The van der Waals surface area contributed by atoms with Crippen LogP contribution >= 0.6 is 0 Å². The smallest absolute Gasteiger partial charge is 0.217 e. The van der Waals surface area contributed by atoms with Crippen molar-refractivity contribution in [3.05, 3.63) is 36.1 Å². The fourth-order valence-corrected chi connectivity index (χ4v) is 2.80. The molecule has 0 aromatic carbocycles. The number of hydrogen-bond acceptors (Lipinski definition) is 4. The zero-order valence-electron chi connectivity index (χ0n) is 11.7. The average molecular weight is 260 g/mol. The van der Waals surface area contributed by atoms with E-state index in [2.05, 4.69) is 33.7 Å². The van der Waals surface area contributed by atoms with Crippen molar-refractivity contribution in [2.24, 2.45) is 0 Å². The quantitative estimate of drug-likeness (QED) is 0.917. The molecular formula is C14H20N4O. The fraction of sp³-hybridized carbons (Fsp3) is 0.571. The van der Waals surface area contributed by atoms with Gasteiger partial charge < -0.3 is 14.3 Å². The van der Waals surface area contributed by atoms with Crippen molar-refractivity contribution < 1.29 is 4.42 Å². The average Bonchev–Trinajstić information content (AvgIpc) is 3.07. The van der Waals surface area contributed by atoms with Crippen LogP contribution in [0.15, 0.2) is 23.1 Å². The molecule has 0 saturated carbocycles. The Kier molecular flexibility index (Phi) is 2.93. The topological polar surface area (TPSA) is 55.9 Å². The van der Waals surface area contributed by atoms with Gasteiger partial charge in [0.1, 0.15) is 11.8 Å². The van der Waals surface area contributed by atoms with Gasteiger partial charge in [0.05, 0.1) is 12.5 Å². The van der Waals surface area contributed by atoms with Crippen LogP contribution < -0.4 is 5.32 Å². The summed E-state index contributed by atoms with van der Waals surface area (Å²) in [4.78, 5) is 8.66. The maximum atomic E-state index is 5.64. The van der Waals surface area contributed by atoms with Crippen molar-refractivity contribution in [1.82, 2.24) is 19.9 Å². The van der Waals surface area contributed by atoms with Crippen molar-refractivity contribution in [3.63, 3.8) is 0 Å². The van der Waals surface area contributed by atoms with Gasteiger partial charge in [0, 0.05) is 23.9 Å². The maximum Gasteiger partial charge on any atom is 0.217 e. The van der Waals surface area contributed by atoms with Crippen molar-refractivity contribution in [2.45, 2.75) is 38.6 Å². The molecule has 2 atom stereocenters. The molecule has 2 aromatic rings. The van der Waals surface area contributed by atoms with Crippen LogP contribution in [-0.4, -0.2) is 27.6 Å². The molecule has 1 saturated heterocycles. The van der Waals surface area contributed by atoms with Gasteiger partial charge in [-0.1, -0.05) is 6.92 Å². The number of rotatable bonds is 3. The standard InChI is InChI=1S/C14H20N4O/c1-10-6-17-13(19-10)11(2)18-9-16-7-12(18)14(3)4-5-15-8-14/h6-7,9,11,15H,4-5,8H2,1-3H3. The summed E-state index contributed by atoms with van der Waals surface area (Å²) < 4.78 is 7.82. The Labute approximate surface area is 113 Å². The van der Waals surface area contributed by atoms with Crippen LogP contribution in [0.3, 0.4) is 0 Å². The van der Waals surface area contributed by atoms with E-state index in [1.54, 1.807) is 6.20 Å². The maximum absolute atomic E-state index is 5.64. The number of aromatic nitrogens is 3. The van der Waals surface area contributed by atoms with E-state index in [0.717, 1.165) is 31.2 Å². The van der Waals surface area contributed by atoms with Crippen LogP contribution in [0.25, 0.3) is 0 Å². The predicted octanol–water partition coefficient (Wildman–Crippen LogP) is 2.04. The molecule has 0 amide bonds. The highest BCUT2D eigenvalue weighted by molar-refractivity contribution is 5.19. The lowest BCUT2D eigenvalue weighted by Gasteiger charge is -2.26. The second-order valence-corrected chi connectivity index (χ2v) is 5.66. The second-order valence-electron chi connectivity index (χ2n) is 5.66. The van der Waals surface area contributed by atoms with E-state index in [-0.39, 0.29) is 11.5 Å². The SMILES string of the molecule is Cc1cnc(C(C)n2cncc2C2(C)CCNC2)o1. The highest BCUT2D eigenvalue weighted by Gasteiger charge is 2.34. The summed E-state index contributed by atoms with van der Waals surface area (Å²) in [7, 11) is 0. The Morgan fingerprint density at radius 3 is 2.95 bits per heavy atom. The number of hydrogen-bond donors (Lipinski definition) is 1. The molecule has 0 bridgehead atoms. The van der Waals surface area contributed by atoms with E-state index >= 15 is 0 Å². The van der Waals surface area contributed by atoms with E-state index in [1.165, 1.54) is 5.69 Å². The molecule has 0 radical (unpaired) electrons. The first-order valence-electron chi connectivity index (χ1n) is 6.75. The summed E-state index contributed by atoms with van der Waals surface area (Å²) in [5, 5.41) is 3.43. The van der Waals surface area contributed by atoms with Gasteiger partial charge >= 0.3 is 0 Å². The van der Waals surface area contributed by atoms with E-state index in [1.807, 2.05) is 19.4 Å². The van der Waals surface area contributed by atoms with E-state index in [4.69, 9.17) is 4.42 Å². The van der Waals surface area contributed by atoms with E-state index < -0.39 is 0 Å². The molecular weight excluding hydrogens is 240 g/mol.